The molecule has 1 fully saturated rings. The number of ether oxygens (including phenoxy) is 1. The molecule has 3 heterocycles. The van der Waals surface area contributed by atoms with Gasteiger partial charge < -0.3 is 34.5 Å². The Balaban J connectivity index is 2.02. The van der Waals surface area contributed by atoms with Crippen molar-refractivity contribution in [1.29, 1.82) is 0 Å². The molecule has 2 aliphatic heterocycles. The van der Waals surface area contributed by atoms with Gasteiger partial charge in [-0.3, -0.25) is 14.4 Å². The number of oxazole rings is 1. The molecular weight excluding hydrogens is 656 g/mol. The number of nitrogens with one attached hydrogen (secondary N) is 1. The van der Waals surface area contributed by atoms with E-state index in [1.54, 1.807) is 13.8 Å². The molecule has 0 aromatic carbocycles. The standard InChI is InChI=1S/C34H50N4O10S/c1-7-37(8-2)15-16-49(45,46)27-13-14-38-31(27)34(44)48-32(21(3)4)23(6)10-12-29(42)36-28(41)11-9-22(5)17-24(39)18-25(40)19-30-35-26(20-47-30)33(38)43/h9-12,17,20-21,23-24,27-28,31-32,39,41H,7-8,13-16,18-19H2,1-6H3,(H,36,42)/b11-9+,12-10+,22-17+/t23-,24-,27-,28?,31-,32-/m1/s1. The van der Waals surface area contributed by atoms with Gasteiger partial charge in [0.25, 0.3) is 5.91 Å². The van der Waals surface area contributed by atoms with E-state index in [1.807, 2.05) is 32.6 Å². The summed E-state index contributed by atoms with van der Waals surface area (Å²) in [6.45, 7) is 12.3. The second-order valence-corrected chi connectivity index (χ2v) is 15.2. The molecule has 1 aromatic rings. The van der Waals surface area contributed by atoms with E-state index in [2.05, 4.69) is 10.3 Å². The third-order valence-electron chi connectivity index (χ3n) is 8.71. The van der Waals surface area contributed by atoms with Gasteiger partial charge in [-0.25, -0.2) is 18.2 Å². The molecule has 1 unspecified atom stereocenters. The Labute approximate surface area is 288 Å². The van der Waals surface area contributed by atoms with Gasteiger partial charge in [0.1, 0.15) is 30.4 Å². The Morgan fingerprint density at radius 2 is 1.80 bits per heavy atom. The van der Waals surface area contributed by atoms with Crippen LogP contribution in [0.1, 0.15) is 70.8 Å². The molecule has 0 spiro atoms. The maximum absolute atomic E-state index is 14.0. The molecule has 0 aliphatic carbocycles. The number of fused-ring (bicyclic) bond motifs is 3. The Kier molecular flexibility index (Phi) is 14.5. The highest BCUT2D eigenvalue weighted by Crippen LogP contribution is 2.30. The number of nitrogens with zero attached hydrogens (tertiary/aromatic N) is 3. The first-order chi connectivity index (χ1) is 23.1. The number of Topliss-reactive ketones (excluding diaryl/α,β-unsaturated/α-hetero) is 1. The molecule has 15 heteroatoms. The van der Waals surface area contributed by atoms with Gasteiger partial charge >= 0.3 is 5.97 Å². The molecule has 0 radical (unpaired) electrons. The van der Waals surface area contributed by atoms with E-state index in [-0.39, 0.29) is 55.6 Å². The number of aliphatic hydroxyl groups excluding tert-OH is 2. The highest BCUT2D eigenvalue weighted by molar-refractivity contribution is 7.92. The van der Waals surface area contributed by atoms with E-state index in [9.17, 15) is 37.8 Å². The Hall–Kier alpha value is -3.66. The van der Waals surface area contributed by atoms with Gasteiger partial charge in [0.15, 0.2) is 15.5 Å². The number of aromatic nitrogens is 1. The van der Waals surface area contributed by atoms with Gasteiger partial charge in [-0.05, 0) is 44.5 Å². The van der Waals surface area contributed by atoms with Gasteiger partial charge in [0, 0.05) is 25.4 Å². The molecular formula is C34H50N4O10S. The van der Waals surface area contributed by atoms with Crippen LogP contribution in [0.4, 0.5) is 0 Å². The molecule has 0 saturated carbocycles. The summed E-state index contributed by atoms with van der Waals surface area (Å²) < 4.78 is 38.9. The second kappa shape index (κ2) is 17.8. The van der Waals surface area contributed by atoms with E-state index in [0.29, 0.717) is 18.7 Å². The van der Waals surface area contributed by atoms with Crippen LogP contribution in [0.25, 0.3) is 0 Å². The van der Waals surface area contributed by atoms with Crippen molar-refractivity contribution in [2.24, 2.45) is 11.8 Å². The summed E-state index contributed by atoms with van der Waals surface area (Å²) in [6, 6.07) is -1.48. The number of aliphatic hydroxyl groups is 2. The minimum absolute atomic E-state index is 0.00114. The van der Waals surface area contributed by atoms with Crippen LogP contribution in [0.2, 0.25) is 0 Å². The lowest BCUT2D eigenvalue weighted by Crippen LogP contribution is -2.50. The van der Waals surface area contributed by atoms with Crippen molar-refractivity contribution in [3.63, 3.8) is 0 Å². The average molecular weight is 707 g/mol. The fraction of sp³-hybridized carbons (Fsp3) is 0.618. The van der Waals surface area contributed by atoms with E-state index < -0.39 is 69.0 Å². The molecule has 14 nitrogen and oxygen atoms in total. The monoisotopic (exact) mass is 706 g/mol. The summed E-state index contributed by atoms with van der Waals surface area (Å²) in [4.78, 5) is 60.3. The van der Waals surface area contributed by atoms with Crippen LogP contribution in [0.15, 0.2) is 46.6 Å². The third kappa shape index (κ3) is 11.2. The first kappa shape index (κ1) is 39.8. The fourth-order valence-corrected chi connectivity index (χ4v) is 7.94. The summed E-state index contributed by atoms with van der Waals surface area (Å²) in [5, 5.41) is 21.8. The normalized spacial score (nSPS) is 29.3. The zero-order valence-electron chi connectivity index (χ0n) is 29.1. The van der Waals surface area contributed by atoms with Crippen LogP contribution in [0.3, 0.4) is 0 Å². The van der Waals surface area contributed by atoms with Gasteiger partial charge in [-0.2, -0.15) is 0 Å². The minimum atomic E-state index is -3.90. The number of carbonyl (C=O) groups is 4. The first-order valence-electron chi connectivity index (χ1n) is 16.7. The molecule has 49 heavy (non-hydrogen) atoms. The Bertz CT molecular complexity index is 1530. The van der Waals surface area contributed by atoms with Gasteiger partial charge in [0.05, 0.1) is 23.5 Å². The third-order valence-corrected chi connectivity index (χ3v) is 10.9. The van der Waals surface area contributed by atoms with Crippen molar-refractivity contribution >= 4 is 33.4 Å². The lowest BCUT2D eigenvalue weighted by Gasteiger charge is -2.31. The van der Waals surface area contributed by atoms with Crippen molar-refractivity contribution in [3.8, 4) is 0 Å². The summed E-state index contributed by atoms with van der Waals surface area (Å²) in [6.07, 6.45) is 4.01. The molecule has 2 amide bonds. The smallest absolute Gasteiger partial charge is 0.330 e. The van der Waals surface area contributed by atoms with E-state index in [4.69, 9.17) is 9.15 Å². The number of rotatable bonds is 7. The Morgan fingerprint density at radius 3 is 2.45 bits per heavy atom. The number of ketones is 1. The quantitative estimate of drug-likeness (QED) is 0.347. The number of sulfone groups is 1. The maximum atomic E-state index is 14.0. The molecule has 2 bridgehead atoms. The molecule has 1 aromatic heterocycles. The van der Waals surface area contributed by atoms with Crippen LogP contribution in [-0.2, 0) is 35.4 Å². The van der Waals surface area contributed by atoms with E-state index >= 15 is 0 Å². The molecule has 272 valence electrons. The number of carbonyl (C=O) groups excluding carboxylic acids is 4. The highest BCUT2D eigenvalue weighted by Gasteiger charge is 2.50. The highest BCUT2D eigenvalue weighted by atomic mass is 32.2. The van der Waals surface area contributed by atoms with Crippen LogP contribution >= 0.6 is 0 Å². The maximum Gasteiger partial charge on any atom is 0.330 e. The first-order valence-corrected chi connectivity index (χ1v) is 18.4. The van der Waals surface area contributed by atoms with Gasteiger partial charge in [0.2, 0.25) is 11.8 Å². The average Bonchev–Trinajstić information content (AvgIpc) is 3.69. The molecule has 6 atom stereocenters. The van der Waals surface area contributed by atoms with Crippen molar-refractivity contribution < 1.29 is 47.0 Å². The molecule has 2 aliphatic rings. The number of hydrogen-bond donors (Lipinski definition) is 3. The topological polar surface area (TPSA) is 197 Å². The summed E-state index contributed by atoms with van der Waals surface area (Å²) in [5.74, 6) is -3.80. The number of amides is 2. The minimum Gasteiger partial charge on any atom is -0.460 e. The Morgan fingerprint density at radius 1 is 1.10 bits per heavy atom. The largest absolute Gasteiger partial charge is 0.460 e. The van der Waals surface area contributed by atoms with E-state index in [0.717, 1.165) is 11.2 Å². The van der Waals surface area contributed by atoms with Crippen molar-refractivity contribution in [2.75, 3.05) is 31.9 Å². The summed E-state index contributed by atoms with van der Waals surface area (Å²) in [5.41, 5.74) is 0.318. The summed E-state index contributed by atoms with van der Waals surface area (Å²) in [7, 11) is -3.90. The molecule has 1 saturated heterocycles. The van der Waals surface area contributed by atoms with Crippen molar-refractivity contribution in [3.05, 3.63) is 53.8 Å². The zero-order chi connectivity index (χ0) is 36.5. The number of hydrogen-bond acceptors (Lipinski definition) is 12. The predicted molar refractivity (Wildman–Crippen MR) is 181 cm³/mol. The zero-order valence-corrected chi connectivity index (χ0v) is 29.9. The SMILES string of the molecule is CCN(CC)CCS(=O)(=O)[C@@H]1CCN2C(=O)c3coc(n3)CC(=O)C[C@H](O)/C=C(C)/C=C/C(O)NC(=O)/C=C/[C@@H](C)[C@@H](C(C)C)OC(=O)[C@@H]12. The lowest BCUT2D eigenvalue weighted by molar-refractivity contribution is -0.157. The molecule has 3 rings (SSSR count). The van der Waals surface area contributed by atoms with Crippen LogP contribution in [0.5, 0.6) is 0 Å². The van der Waals surface area contributed by atoms with Crippen LogP contribution < -0.4 is 5.32 Å². The number of allylic oxidation sites excluding steroid dienone is 2. The van der Waals surface area contributed by atoms with E-state index in [1.165, 1.54) is 30.4 Å². The van der Waals surface area contributed by atoms with Crippen molar-refractivity contribution in [2.45, 2.75) is 90.5 Å². The number of esters is 1. The summed E-state index contributed by atoms with van der Waals surface area (Å²) >= 11 is 0. The van der Waals surface area contributed by atoms with Crippen LogP contribution in [-0.4, -0.2) is 119 Å². The number of cyclic esters (lactones) is 1. The lowest BCUT2D eigenvalue weighted by atomic mass is 9.94. The predicted octanol–water partition coefficient (Wildman–Crippen LogP) is 1.59. The van der Waals surface area contributed by atoms with Crippen LogP contribution in [0, 0.1) is 11.8 Å². The second-order valence-electron chi connectivity index (χ2n) is 12.9. The van der Waals surface area contributed by atoms with Crippen molar-refractivity contribution in [1.82, 2.24) is 20.1 Å². The van der Waals surface area contributed by atoms with Gasteiger partial charge in [-0.15, -0.1) is 0 Å². The fourth-order valence-electron chi connectivity index (χ4n) is 6.01. The van der Waals surface area contributed by atoms with Gasteiger partial charge in [-0.1, -0.05) is 58.4 Å². The molecule has 3 N–H and O–H groups in total.